The first-order chi connectivity index (χ1) is 10.9. The summed E-state index contributed by atoms with van der Waals surface area (Å²) in [6.45, 7) is 4.56. The number of aryl methyl sites for hydroxylation is 2. The van der Waals surface area contributed by atoms with Crippen molar-refractivity contribution in [3.05, 3.63) is 50.8 Å². The van der Waals surface area contributed by atoms with Gasteiger partial charge < -0.3 is 5.32 Å². The van der Waals surface area contributed by atoms with Gasteiger partial charge in [0.2, 0.25) is 5.91 Å². The van der Waals surface area contributed by atoms with E-state index in [1.807, 2.05) is 31.6 Å². The number of benzene rings is 1. The van der Waals surface area contributed by atoms with E-state index in [1.165, 1.54) is 0 Å². The smallest absolute Gasteiger partial charge is 0.220 e. The van der Waals surface area contributed by atoms with E-state index in [4.69, 9.17) is 23.2 Å². The van der Waals surface area contributed by atoms with Gasteiger partial charge in [0.15, 0.2) is 0 Å². The van der Waals surface area contributed by atoms with Crippen molar-refractivity contribution in [3.63, 3.8) is 0 Å². The van der Waals surface area contributed by atoms with Crippen LogP contribution in [0.25, 0.3) is 0 Å². The molecule has 23 heavy (non-hydrogen) atoms. The molecule has 1 heterocycles. The lowest BCUT2D eigenvalue weighted by atomic mass is 10.1. The first kappa shape index (κ1) is 17.8. The molecule has 0 aliphatic carbocycles. The summed E-state index contributed by atoms with van der Waals surface area (Å²) in [6, 6.07) is 5.41. The summed E-state index contributed by atoms with van der Waals surface area (Å²) >= 11 is 12.0. The van der Waals surface area contributed by atoms with Gasteiger partial charge in [-0.2, -0.15) is 5.10 Å². The maximum absolute atomic E-state index is 12.0. The second-order valence-corrected chi connectivity index (χ2v) is 6.45. The van der Waals surface area contributed by atoms with Crippen molar-refractivity contribution < 1.29 is 4.79 Å². The van der Waals surface area contributed by atoms with Crippen LogP contribution >= 0.6 is 23.2 Å². The maximum atomic E-state index is 12.0. The van der Waals surface area contributed by atoms with Crippen LogP contribution in [0.4, 0.5) is 0 Å². The van der Waals surface area contributed by atoms with E-state index in [9.17, 15) is 4.79 Å². The molecule has 0 fully saturated rings. The maximum Gasteiger partial charge on any atom is 0.220 e. The number of aromatic nitrogens is 2. The van der Waals surface area contributed by atoms with Gasteiger partial charge in [0, 0.05) is 35.8 Å². The number of nitrogens with zero attached hydrogens (tertiary/aromatic N) is 2. The summed E-state index contributed by atoms with van der Waals surface area (Å²) in [5.41, 5.74) is 4.24. The van der Waals surface area contributed by atoms with Crippen LogP contribution in [0.1, 0.15) is 28.9 Å². The number of nitrogens with one attached hydrogen (secondary N) is 1. The lowest BCUT2D eigenvalue weighted by Crippen LogP contribution is -2.26. The van der Waals surface area contributed by atoms with Gasteiger partial charge >= 0.3 is 0 Å². The molecule has 0 saturated heterocycles. The van der Waals surface area contributed by atoms with E-state index in [-0.39, 0.29) is 5.91 Å². The number of rotatable bonds is 6. The molecule has 1 aromatic carbocycles. The molecule has 1 amide bonds. The van der Waals surface area contributed by atoms with Gasteiger partial charge in [0.05, 0.1) is 5.69 Å². The van der Waals surface area contributed by atoms with Crippen molar-refractivity contribution in [1.29, 1.82) is 0 Å². The fraction of sp³-hybridized carbons (Fsp3) is 0.412. The Balaban J connectivity index is 1.79. The lowest BCUT2D eigenvalue weighted by molar-refractivity contribution is -0.121. The van der Waals surface area contributed by atoms with Crippen molar-refractivity contribution in [2.24, 2.45) is 7.05 Å². The second-order valence-electron chi connectivity index (χ2n) is 5.61. The first-order valence-electron chi connectivity index (χ1n) is 7.58. The average molecular weight is 354 g/mol. The van der Waals surface area contributed by atoms with Crippen molar-refractivity contribution in [2.75, 3.05) is 6.54 Å². The van der Waals surface area contributed by atoms with Crippen LogP contribution in [-0.4, -0.2) is 22.2 Å². The largest absolute Gasteiger partial charge is 0.356 e. The Bertz CT molecular complexity index is 710. The van der Waals surface area contributed by atoms with Gasteiger partial charge in [0.25, 0.3) is 0 Å². The summed E-state index contributed by atoms with van der Waals surface area (Å²) in [4.78, 5) is 12.0. The van der Waals surface area contributed by atoms with Gasteiger partial charge in [-0.3, -0.25) is 9.48 Å². The number of carbonyl (C=O) groups excluding carboxylic acids is 1. The first-order valence-corrected chi connectivity index (χ1v) is 8.33. The zero-order valence-electron chi connectivity index (χ0n) is 13.6. The normalized spacial score (nSPS) is 10.8. The highest BCUT2D eigenvalue weighted by molar-refractivity contribution is 6.35. The minimum Gasteiger partial charge on any atom is -0.356 e. The van der Waals surface area contributed by atoms with E-state index in [0.717, 1.165) is 22.5 Å². The fourth-order valence-electron chi connectivity index (χ4n) is 2.57. The van der Waals surface area contributed by atoms with Crippen molar-refractivity contribution in [3.8, 4) is 0 Å². The third-order valence-corrected chi connectivity index (χ3v) is 4.58. The molecule has 0 aliphatic rings. The van der Waals surface area contributed by atoms with E-state index >= 15 is 0 Å². The molecule has 6 heteroatoms. The third-order valence-electron chi connectivity index (χ3n) is 3.99. The van der Waals surface area contributed by atoms with E-state index in [2.05, 4.69) is 10.4 Å². The van der Waals surface area contributed by atoms with E-state index < -0.39 is 0 Å². The lowest BCUT2D eigenvalue weighted by Gasteiger charge is -2.07. The number of halogens is 2. The predicted octanol–water partition coefficient (Wildman–Crippen LogP) is 3.64. The quantitative estimate of drug-likeness (QED) is 0.861. The van der Waals surface area contributed by atoms with Crippen LogP contribution in [-0.2, 0) is 24.7 Å². The average Bonchev–Trinajstić information content (AvgIpc) is 2.72. The zero-order chi connectivity index (χ0) is 17.0. The Kier molecular flexibility index (Phi) is 6.08. The molecule has 2 rings (SSSR count). The van der Waals surface area contributed by atoms with Crippen LogP contribution in [0, 0.1) is 13.8 Å². The molecule has 0 unspecified atom stereocenters. The van der Waals surface area contributed by atoms with Gasteiger partial charge in [-0.1, -0.05) is 29.3 Å². The van der Waals surface area contributed by atoms with Crippen LogP contribution in [0.5, 0.6) is 0 Å². The van der Waals surface area contributed by atoms with Crippen molar-refractivity contribution >= 4 is 29.1 Å². The Morgan fingerprint density at radius 1 is 1.26 bits per heavy atom. The fourth-order valence-corrected chi connectivity index (χ4v) is 3.07. The highest BCUT2D eigenvalue weighted by Gasteiger charge is 2.11. The van der Waals surface area contributed by atoms with Crippen LogP contribution < -0.4 is 5.32 Å². The van der Waals surface area contributed by atoms with Crippen molar-refractivity contribution in [1.82, 2.24) is 15.1 Å². The standard InChI is InChI=1S/C17H21Cl2N3O/c1-11-15(12(2)22(3)21-11)6-7-17(23)20-9-8-13-4-5-14(18)10-16(13)19/h4-5,10H,6-9H2,1-3H3,(H,20,23). The zero-order valence-corrected chi connectivity index (χ0v) is 15.1. The van der Waals surface area contributed by atoms with Crippen LogP contribution in [0.2, 0.25) is 10.0 Å². The molecule has 0 aliphatic heterocycles. The van der Waals surface area contributed by atoms with Crippen LogP contribution in [0.15, 0.2) is 18.2 Å². The van der Waals surface area contributed by atoms with Gasteiger partial charge in [0.1, 0.15) is 0 Å². The summed E-state index contributed by atoms with van der Waals surface area (Å²) in [5.74, 6) is 0.0396. The molecule has 124 valence electrons. The monoisotopic (exact) mass is 353 g/mol. The number of hydrogen-bond acceptors (Lipinski definition) is 2. The Morgan fingerprint density at radius 2 is 2.00 bits per heavy atom. The van der Waals surface area contributed by atoms with E-state index in [1.54, 1.807) is 12.1 Å². The Morgan fingerprint density at radius 3 is 2.61 bits per heavy atom. The highest BCUT2D eigenvalue weighted by atomic mass is 35.5. The minimum atomic E-state index is 0.0396. The Labute approximate surface area is 146 Å². The highest BCUT2D eigenvalue weighted by Crippen LogP contribution is 2.21. The molecule has 0 atom stereocenters. The number of carbonyl (C=O) groups is 1. The molecule has 1 aromatic heterocycles. The molecule has 0 radical (unpaired) electrons. The molecule has 0 saturated carbocycles. The molecule has 1 N–H and O–H groups in total. The second kappa shape index (κ2) is 7.84. The third kappa shape index (κ3) is 4.72. The number of hydrogen-bond donors (Lipinski definition) is 1. The summed E-state index contributed by atoms with van der Waals surface area (Å²) in [6.07, 6.45) is 1.85. The van der Waals surface area contributed by atoms with Gasteiger partial charge in [-0.15, -0.1) is 0 Å². The number of amides is 1. The SMILES string of the molecule is Cc1nn(C)c(C)c1CCC(=O)NCCc1ccc(Cl)cc1Cl. The topological polar surface area (TPSA) is 46.9 Å². The van der Waals surface area contributed by atoms with Gasteiger partial charge in [-0.05, 0) is 49.9 Å². The van der Waals surface area contributed by atoms with Crippen molar-refractivity contribution in [2.45, 2.75) is 33.1 Å². The molecular formula is C17H21Cl2N3O. The molecule has 0 spiro atoms. The molecule has 4 nitrogen and oxygen atoms in total. The predicted molar refractivity (Wildman–Crippen MR) is 94.2 cm³/mol. The Hall–Kier alpha value is -1.52. The van der Waals surface area contributed by atoms with E-state index in [0.29, 0.717) is 35.9 Å². The minimum absolute atomic E-state index is 0.0396. The summed E-state index contributed by atoms with van der Waals surface area (Å²) in [5, 5.41) is 8.55. The molecule has 0 bridgehead atoms. The molecule has 2 aromatic rings. The summed E-state index contributed by atoms with van der Waals surface area (Å²) < 4.78 is 1.85. The summed E-state index contributed by atoms with van der Waals surface area (Å²) in [7, 11) is 1.92. The van der Waals surface area contributed by atoms with Crippen LogP contribution in [0.3, 0.4) is 0 Å². The van der Waals surface area contributed by atoms with Gasteiger partial charge in [-0.25, -0.2) is 0 Å². The molecular weight excluding hydrogens is 333 g/mol.